The van der Waals surface area contributed by atoms with Crippen molar-refractivity contribution in [3.05, 3.63) is 35.0 Å². The van der Waals surface area contributed by atoms with Crippen molar-refractivity contribution in [2.24, 2.45) is 5.84 Å². The first kappa shape index (κ1) is 10.5. The Kier molecular flexibility index (Phi) is 2.48. The van der Waals surface area contributed by atoms with Gasteiger partial charge < -0.3 is 5.43 Å². The van der Waals surface area contributed by atoms with Gasteiger partial charge in [0.15, 0.2) is 0 Å². The first-order chi connectivity index (χ1) is 8.29. The second-order valence-corrected chi connectivity index (χ2v) is 4.78. The number of benzene rings is 1. The number of rotatable bonds is 1. The maximum atomic E-state index is 5.71. The molecule has 0 saturated heterocycles. The van der Waals surface area contributed by atoms with Gasteiger partial charge in [0, 0.05) is 11.1 Å². The largest absolute Gasteiger partial charge is 0.323 e. The van der Waals surface area contributed by atoms with Gasteiger partial charge in [-0.2, -0.15) is 0 Å². The number of fused-ring (bicyclic) bond motifs is 2. The van der Waals surface area contributed by atoms with Crippen LogP contribution in [0.5, 0.6) is 0 Å². The van der Waals surface area contributed by atoms with Crippen LogP contribution in [0.4, 0.5) is 5.69 Å². The second-order valence-electron chi connectivity index (χ2n) is 4.78. The van der Waals surface area contributed by atoms with E-state index in [1.807, 2.05) is 0 Å². The molecular weight excluding hydrogens is 210 g/mol. The van der Waals surface area contributed by atoms with Crippen LogP contribution in [0, 0.1) is 6.92 Å². The molecule has 0 spiro atoms. The summed E-state index contributed by atoms with van der Waals surface area (Å²) in [5.74, 6) is 5.71. The molecule has 0 fully saturated rings. The molecule has 0 atom stereocenters. The van der Waals surface area contributed by atoms with E-state index in [1.165, 1.54) is 29.7 Å². The topological polar surface area (TPSA) is 50.9 Å². The average molecular weight is 227 g/mol. The van der Waals surface area contributed by atoms with Crippen molar-refractivity contribution in [1.29, 1.82) is 0 Å². The molecule has 17 heavy (non-hydrogen) atoms. The number of aryl methyl sites for hydroxylation is 2. The van der Waals surface area contributed by atoms with Crippen LogP contribution in [0.15, 0.2) is 18.2 Å². The van der Waals surface area contributed by atoms with Gasteiger partial charge in [-0.25, -0.2) is 0 Å². The van der Waals surface area contributed by atoms with Crippen LogP contribution in [0.3, 0.4) is 0 Å². The van der Waals surface area contributed by atoms with Gasteiger partial charge in [-0.1, -0.05) is 11.6 Å². The Hall–Kier alpha value is -1.61. The summed E-state index contributed by atoms with van der Waals surface area (Å²) in [6.45, 7) is 2.10. The summed E-state index contributed by atoms with van der Waals surface area (Å²) in [5, 5.41) is 1.15. The Labute approximate surface area is 101 Å². The number of nitrogens with zero attached hydrogens (tertiary/aromatic N) is 1. The number of anilines is 1. The lowest BCUT2D eigenvalue weighted by molar-refractivity contribution is 0.672. The Morgan fingerprint density at radius 2 is 2.06 bits per heavy atom. The molecule has 1 aromatic carbocycles. The zero-order valence-corrected chi connectivity index (χ0v) is 10.1. The highest BCUT2D eigenvalue weighted by atomic mass is 15.2. The summed E-state index contributed by atoms with van der Waals surface area (Å²) in [6.07, 6.45) is 4.64. The van der Waals surface area contributed by atoms with Crippen LogP contribution in [-0.4, -0.2) is 4.98 Å². The third-order valence-electron chi connectivity index (χ3n) is 3.56. The van der Waals surface area contributed by atoms with E-state index in [2.05, 4.69) is 30.5 Å². The molecule has 3 nitrogen and oxygen atoms in total. The molecule has 1 aliphatic carbocycles. The van der Waals surface area contributed by atoms with E-state index in [0.29, 0.717) is 0 Å². The standard InChI is InChI=1S/C14H17N3/c1-9-6-7-13-11(8-9)14(17-15)10-4-2-3-5-12(10)16-13/h6-8H,2-5,15H2,1H3,(H,16,17). The lowest BCUT2D eigenvalue weighted by atomic mass is 9.92. The fourth-order valence-corrected chi connectivity index (χ4v) is 2.70. The lowest BCUT2D eigenvalue weighted by Gasteiger charge is -2.20. The fourth-order valence-electron chi connectivity index (χ4n) is 2.70. The maximum Gasteiger partial charge on any atom is 0.0726 e. The first-order valence-electron chi connectivity index (χ1n) is 6.18. The van der Waals surface area contributed by atoms with Gasteiger partial charge in [-0.3, -0.25) is 10.8 Å². The number of aromatic nitrogens is 1. The molecule has 3 heteroatoms. The molecule has 0 unspecified atom stereocenters. The van der Waals surface area contributed by atoms with E-state index in [4.69, 9.17) is 10.8 Å². The zero-order valence-electron chi connectivity index (χ0n) is 10.1. The van der Waals surface area contributed by atoms with Crippen molar-refractivity contribution in [3.8, 4) is 0 Å². The summed E-state index contributed by atoms with van der Waals surface area (Å²) in [5.41, 5.74) is 8.79. The molecular formula is C14H17N3. The lowest BCUT2D eigenvalue weighted by Crippen LogP contribution is -2.15. The van der Waals surface area contributed by atoms with Gasteiger partial charge in [0.2, 0.25) is 0 Å². The molecule has 1 aliphatic rings. The van der Waals surface area contributed by atoms with E-state index in [-0.39, 0.29) is 0 Å². The highest BCUT2D eigenvalue weighted by Crippen LogP contribution is 2.32. The summed E-state index contributed by atoms with van der Waals surface area (Å²) >= 11 is 0. The van der Waals surface area contributed by atoms with E-state index in [1.54, 1.807) is 0 Å². The van der Waals surface area contributed by atoms with Crippen LogP contribution in [0.2, 0.25) is 0 Å². The highest BCUT2D eigenvalue weighted by molar-refractivity contribution is 5.93. The quantitative estimate of drug-likeness (QED) is 0.581. The number of hydrazine groups is 1. The number of nitrogens with two attached hydrogens (primary N) is 1. The van der Waals surface area contributed by atoms with Crippen LogP contribution in [0.1, 0.15) is 29.7 Å². The highest BCUT2D eigenvalue weighted by Gasteiger charge is 2.17. The first-order valence-corrected chi connectivity index (χ1v) is 6.18. The Morgan fingerprint density at radius 3 is 2.88 bits per heavy atom. The van der Waals surface area contributed by atoms with Crippen molar-refractivity contribution in [1.82, 2.24) is 4.98 Å². The number of hydrogen-bond acceptors (Lipinski definition) is 3. The molecule has 0 aliphatic heterocycles. The van der Waals surface area contributed by atoms with Gasteiger partial charge in [0.05, 0.1) is 11.2 Å². The van der Waals surface area contributed by atoms with Gasteiger partial charge in [0.1, 0.15) is 0 Å². The normalized spacial score (nSPS) is 14.7. The van der Waals surface area contributed by atoms with Gasteiger partial charge in [-0.15, -0.1) is 0 Å². The Balaban J connectivity index is 2.35. The van der Waals surface area contributed by atoms with Crippen molar-refractivity contribution in [3.63, 3.8) is 0 Å². The number of nitrogens with one attached hydrogen (secondary N) is 1. The van der Waals surface area contributed by atoms with Gasteiger partial charge >= 0.3 is 0 Å². The zero-order chi connectivity index (χ0) is 11.8. The molecule has 0 saturated carbocycles. The van der Waals surface area contributed by atoms with E-state index in [0.717, 1.165) is 29.4 Å². The predicted molar refractivity (Wildman–Crippen MR) is 70.9 cm³/mol. The summed E-state index contributed by atoms with van der Waals surface area (Å²) < 4.78 is 0. The summed E-state index contributed by atoms with van der Waals surface area (Å²) in [7, 11) is 0. The molecule has 1 aromatic heterocycles. The minimum absolute atomic E-state index is 1.05. The minimum Gasteiger partial charge on any atom is -0.323 e. The molecule has 0 amide bonds. The number of pyridine rings is 1. The third-order valence-corrected chi connectivity index (χ3v) is 3.56. The molecule has 3 N–H and O–H groups in total. The fraction of sp³-hybridized carbons (Fsp3) is 0.357. The van der Waals surface area contributed by atoms with E-state index in [9.17, 15) is 0 Å². The molecule has 2 aromatic rings. The third kappa shape index (κ3) is 1.67. The van der Waals surface area contributed by atoms with Gasteiger partial charge in [0.25, 0.3) is 0 Å². The van der Waals surface area contributed by atoms with Crippen LogP contribution in [-0.2, 0) is 12.8 Å². The van der Waals surface area contributed by atoms with E-state index < -0.39 is 0 Å². The molecule has 0 radical (unpaired) electrons. The van der Waals surface area contributed by atoms with E-state index >= 15 is 0 Å². The van der Waals surface area contributed by atoms with Crippen molar-refractivity contribution in [2.75, 3.05) is 5.43 Å². The van der Waals surface area contributed by atoms with Gasteiger partial charge in [-0.05, 0) is 50.3 Å². The van der Waals surface area contributed by atoms with Crippen molar-refractivity contribution >= 4 is 16.6 Å². The smallest absolute Gasteiger partial charge is 0.0726 e. The molecule has 88 valence electrons. The molecule has 3 rings (SSSR count). The average Bonchev–Trinajstić information content (AvgIpc) is 2.36. The Morgan fingerprint density at radius 1 is 1.24 bits per heavy atom. The van der Waals surface area contributed by atoms with Crippen molar-refractivity contribution < 1.29 is 0 Å². The number of nitrogen functional groups attached to an aromatic ring is 1. The number of hydrogen-bond donors (Lipinski definition) is 2. The van der Waals surface area contributed by atoms with Crippen LogP contribution >= 0.6 is 0 Å². The van der Waals surface area contributed by atoms with Crippen LogP contribution in [0.25, 0.3) is 10.9 Å². The predicted octanol–water partition coefficient (Wildman–Crippen LogP) is 2.71. The maximum absolute atomic E-state index is 5.71. The summed E-state index contributed by atoms with van der Waals surface area (Å²) in [6, 6.07) is 6.34. The molecule has 1 heterocycles. The van der Waals surface area contributed by atoms with Crippen molar-refractivity contribution in [2.45, 2.75) is 32.6 Å². The molecule has 0 bridgehead atoms. The summed E-state index contributed by atoms with van der Waals surface area (Å²) in [4.78, 5) is 4.77. The Bertz CT molecular complexity index is 575. The van der Waals surface area contributed by atoms with Crippen LogP contribution < -0.4 is 11.3 Å². The second kappa shape index (κ2) is 4.00. The minimum atomic E-state index is 1.05. The monoisotopic (exact) mass is 227 g/mol. The SMILES string of the molecule is Cc1ccc2nc3c(c(NN)c2c1)CCCC3.